The molecule has 39 heavy (non-hydrogen) atoms. The summed E-state index contributed by atoms with van der Waals surface area (Å²) in [5.74, 6) is -0.896. The Kier molecular flexibility index (Phi) is 7.88. The fourth-order valence-corrected chi connectivity index (χ4v) is 5.30. The quantitative estimate of drug-likeness (QED) is 0.480. The van der Waals surface area contributed by atoms with Gasteiger partial charge in [0.25, 0.3) is 5.91 Å². The van der Waals surface area contributed by atoms with Gasteiger partial charge < -0.3 is 15.1 Å². The van der Waals surface area contributed by atoms with E-state index in [1.807, 2.05) is 67.6 Å². The number of fused-ring (bicyclic) bond motifs is 1. The molecule has 202 valence electrons. The van der Waals surface area contributed by atoms with Gasteiger partial charge in [0.15, 0.2) is 0 Å². The number of hydrazine groups is 1. The highest BCUT2D eigenvalue weighted by atomic mass is 19.1. The number of hydrogen-bond donors (Lipinski definition) is 1. The highest BCUT2D eigenvalue weighted by Gasteiger charge is 2.52. The second-order valence-corrected chi connectivity index (χ2v) is 9.77. The van der Waals surface area contributed by atoms with Gasteiger partial charge in [-0.2, -0.15) is 5.01 Å². The first-order chi connectivity index (χ1) is 19.0. The standard InChI is InChI=1S/C30H32FN5O3/c1-2-17-34(30(39)32-18-22-11-5-3-6-12-22)35-21-27(37)36-26(35)20-33(19-24-15-9-10-16-25(24)31)29(38)28(36)23-13-7-4-8-14-23/h3-16,26,28H,2,17-21H2,1H3,(H,32,39)/t26-,28+/m1/s1. The van der Waals surface area contributed by atoms with E-state index in [-0.39, 0.29) is 37.5 Å². The average molecular weight is 530 g/mol. The van der Waals surface area contributed by atoms with Crippen molar-refractivity contribution in [3.8, 4) is 0 Å². The highest BCUT2D eigenvalue weighted by Crippen LogP contribution is 2.36. The first kappa shape index (κ1) is 26.4. The SMILES string of the molecule is CCCN(C(=O)NCc1ccccc1)N1CC(=O)N2[C@@H](c3ccccc3)C(=O)N(Cc3ccccc3F)C[C@@H]21. The first-order valence-electron chi connectivity index (χ1n) is 13.2. The van der Waals surface area contributed by atoms with Crippen LogP contribution in [0.25, 0.3) is 0 Å². The monoisotopic (exact) mass is 529 g/mol. The zero-order valence-electron chi connectivity index (χ0n) is 21.9. The van der Waals surface area contributed by atoms with E-state index in [0.29, 0.717) is 30.6 Å². The van der Waals surface area contributed by atoms with Crippen LogP contribution in [-0.2, 0) is 22.7 Å². The normalized spacial score (nSPS) is 19.2. The molecule has 0 spiro atoms. The summed E-state index contributed by atoms with van der Waals surface area (Å²) in [6.07, 6.45) is 0.0945. The van der Waals surface area contributed by atoms with E-state index in [1.54, 1.807) is 38.0 Å². The number of piperazine rings is 1. The van der Waals surface area contributed by atoms with Crippen LogP contribution in [0.1, 0.15) is 36.1 Å². The van der Waals surface area contributed by atoms with Gasteiger partial charge in [0.2, 0.25) is 5.91 Å². The van der Waals surface area contributed by atoms with Gasteiger partial charge in [0, 0.05) is 25.2 Å². The van der Waals surface area contributed by atoms with Gasteiger partial charge >= 0.3 is 6.03 Å². The van der Waals surface area contributed by atoms with Crippen LogP contribution in [0.3, 0.4) is 0 Å². The molecule has 5 rings (SSSR count). The third-order valence-corrected chi connectivity index (χ3v) is 7.16. The number of carbonyl (C=O) groups is 3. The molecule has 0 bridgehead atoms. The minimum Gasteiger partial charge on any atom is -0.333 e. The topological polar surface area (TPSA) is 76.2 Å². The summed E-state index contributed by atoms with van der Waals surface area (Å²) in [5.41, 5.74) is 2.04. The molecule has 8 nitrogen and oxygen atoms in total. The van der Waals surface area contributed by atoms with E-state index >= 15 is 0 Å². The number of hydrogen-bond acceptors (Lipinski definition) is 4. The van der Waals surface area contributed by atoms with Crippen LogP contribution in [-0.4, -0.2) is 63.5 Å². The maximum absolute atomic E-state index is 14.6. The molecule has 2 heterocycles. The van der Waals surface area contributed by atoms with Gasteiger partial charge in [-0.15, -0.1) is 0 Å². The van der Waals surface area contributed by atoms with Crippen LogP contribution in [0.2, 0.25) is 0 Å². The molecule has 2 aliphatic rings. The molecule has 4 amide bonds. The number of amides is 4. The Labute approximate surface area is 227 Å². The van der Waals surface area contributed by atoms with Crippen LogP contribution in [0.4, 0.5) is 9.18 Å². The van der Waals surface area contributed by atoms with Crippen LogP contribution in [0.15, 0.2) is 84.9 Å². The molecule has 0 saturated carbocycles. The molecular formula is C30H32FN5O3. The molecule has 0 unspecified atom stereocenters. The Morgan fingerprint density at radius 2 is 1.64 bits per heavy atom. The molecule has 2 aliphatic heterocycles. The second kappa shape index (κ2) is 11.7. The van der Waals surface area contributed by atoms with E-state index in [2.05, 4.69) is 5.32 Å². The summed E-state index contributed by atoms with van der Waals surface area (Å²) in [6, 6.07) is 23.9. The summed E-state index contributed by atoms with van der Waals surface area (Å²) >= 11 is 0. The molecule has 2 saturated heterocycles. The minimum atomic E-state index is -0.870. The van der Waals surface area contributed by atoms with Gasteiger partial charge in [0.1, 0.15) is 18.0 Å². The molecule has 3 aromatic carbocycles. The van der Waals surface area contributed by atoms with Gasteiger partial charge in [-0.25, -0.2) is 9.18 Å². The number of benzene rings is 3. The van der Waals surface area contributed by atoms with Gasteiger partial charge in [-0.1, -0.05) is 85.8 Å². The number of nitrogens with zero attached hydrogens (tertiary/aromatic N) is 4. The number of halogens is 1. The predicted octanol–water partition coefficient (Wildman–Crippen LogP) is 3.92. The van der Waals surface area contributed by atoms with E-state index in [4.69, 9.17) is 0 Å². The Morgan fingerprint density at radius 1 is 0.974 bits per heavy atom. The largest absolute Gasteiger partial charge is 0.333 e. The Hall–Kier alpha value is -4.24. The van der Waals surface area contributed by atoms with Crippen LogP contribution >= 0.6 is 0 Å². The summed E-state index contributed by atoms with van der Waals surface area (Å²) < 4.78 is 14.6. The zero-order valence-corrected chi connectivity index (χ0v) is 21.9. The van der Waals surface area contributed by atoms with Gasteiger partial charge in [-0.3, -0.25) is 14.6 Å². The third kappa shape index (κ3) is 5.49. The van der Waals surface area contributed by atoms with E-state index < -0.39 is 18.0 Å². The van der Waals surface area contributed by atoms with Crippen molar-refractivity contribution >= 4 is 17.8 Å². The zero-order chi connectivity index (χ0) is 27.4. The van der Waals surface area contributed by atoms with Crippen LogP contribution in [0, 0.1) is 5.82 Å². The minimum absolute atomic E-state index is 0.0342. The number of urea groups is 1. The predicted molar refractivity (Wildman–Crippen MR) is 144 cm³/mol. The second-order valence-electron chi connectivity index (χ2n) is 9.77. The lowest BCUT2D eigenvalue weighted by molar-refractivity contribution is -0.158. The lowest BCUT2D eigenvalue weighted by Crippen LogP contribution is -2.62. The summed E-state index contributed by atoms with van der Waals surface area (Å²) in [5, 5.41) is 6.29. The molecule has 0 aliphatic carbocycles. The van der Waals surface area contributed by atoms with Crippen molar-refractivity contribution in [1.82, 2.24) is 25.1 Å². The number of nitrogens with one attached hydrogen (secondary N) is 1. The maximum atomic E-state index is 14.6. The van der Waals surface area contributed by atoms with Crippen molar-refractivity contribution in [1.29, 1.82) is 0 Å². The number of rotatable bonds is 8. The van der Waals surface area contributed by atoms with Crippen molar-refractivity contribution < 1.29 is 18.8 Å². The molecule has 2 fully saturated rings. The molecule has 1 N–H and O–H groups in total. The lowest BCUT2D eigenvalue weighted by atomic mass is 10.00. The van der Waals surface area contributed by atoms with Crippen molar-refractivity contribution in [2.45, 2.75) is 38.6 Å². The average Bonchev–Trinajstić information content (AvgIpc) is 3.28. The summed E-state index contributed by atoms with van der Waals surface area (Å²) in [4.78, 5) is 43.9. The molecule has 0 radical (unpaired) electrons. The van der Waals surface area contributed by atoms with Crippen LogP contribution < -0.4 is 5.32 Å². The van der Waals surface area contributed by atoms with E-state index in [9.17, 15) is 18.8 Å². The molecular weight excluding hydrogens is 497 g/mol. The Bertz CT molecular complexity index is 1320. The first-order valence-corrected chi connectivity index (χ1v) is 13.2. The number of carbonyl (C=O) groups excluding carboxylic acids is 3. The van der Waals surface area contributed by atoms with Gasteiger partial charge in [-0.05, 0) is 23.6 Å². The third-order valence-electron chi connectivity index (χ3n) is 7.16. The van der Waals surface area contributed by atoms with Crippen molar-refractivity contribution in [2.75, 3.05) is 19.6 Å². The molecule has 3 aromatic rings. The lowest BCUT2D eigenvalue weighted by Gasteiger charge is -2.46. The smallest absolute Gasteiger partial charge is 0.332 e. The molecule has 0 aromatic heterocycles. The Morgan fingerprint density at radius 3 is 2.33 bits per heavy atom. The summed E-state index contributed by atoms with van der Waals surface area (Å²) in [7, 11) is 0. The van der Waals surface area contributed by atoms with Crippen molar-refractivity contribution in [3.05, 3.63) is 107 Å². The molecule has 9 heteroatoms. The van der Waals surface area contributed by atoms with Crippen molar-refractivity contribution in [3.63, 3.8) is 0 Å². The maximum Gasteiger partial charge on any atom is 0.332 e. The fraction of sp³-hybridized carbons (Fsp3) is 0.300. The van der Waals surface area contributed by atoms with Crippen LogP contribution in [0.5, 0.6) is 0 Å². The van der Waals surface area contributed by atoms with Crippen molar-refractivity contribution in [2.24, 2.45) is 0 Å². The Balaban J connectivity index is 1.45. The van der Waals surface area contributed by atoms with Gasteiger partial charge in [0.05, 0.1) is 13.1 Å². The van der Waals surface area contributed by atoms with E-state index in [0.717, 1.165) is 5.56 Å². The molecule has 2 atom stereocenters. The van der Waals surface area contributed by atoms with E-state index in [1.165, 1.54) is 6.07 Å². The fourth-order valence-electron chi connectivity index (χ4n) is 5.30. The summed E-state index contributed by atoms with van der Waals surface area (Å²) in [6.45, 7) is 2.89. The highest BCUT2D eigenvalue weighted by molar-refractivity contribution is 5.92.